The van der Waals surface area contributed by atoms with Crippen LogP contribution in [0.4, 0.5) is 0 Å². The van der Waals surface area contributed by atoms with E-state index in [1.165, 1.54) is 12.5 Å². The van der Waals surface area contributed by atoms with Gasteiger partial charge in [0.2, 0.25) is 0 Å². The second-order valence-electron chi connectivity index (χ2n) is 26.3. The van der Waals surface area contributed by atoms with Gasteiger partial charge >= 0.3 is 5.97 Å². The number of guanidine groups is 1. The molecule has 0 amide bonds. The highest BCUT2D eigenvalue weighted by Crippen LogP contribution is 2.93. The highest BCUT2D eigenvalue weighted by atomic mass is 16.4. The molecule has 16 unspecified atom stereocenters. The van der Waals surface area contributed by atoms with Gasteiger partial charge in [-0.2, -0.15) is 0 Å². The number of aryl methyl sites for hydroxylation is 1. The molecule has 10 N–H and O–H groups in total. The molecule has 6 fully saturated rings. The summed E-state index contributed by atoms with van der Waals surface area (Å²) in [5.41, 5.74) is 3.41. The van der Waals surface area contributed by atoms with Crippen molar-refractivity contribution < 1.29 is 45.0 Å². The predicted octanol–water partition coefficient (Wildman–Crippen LogP) is 6.70. The quantitative estimate of drug-likeness (QED) is 0.0522. The number of aliphatic hydroxyl groups is 5. The zero-order chi connectivity index (χ0) is 52.0. The van der Waals surface area contributed by atoms with Crippen LogP contribution in [0.25, 0.3) is 6.08 Å². The molecule has 0 aromatic heterocycles. The number of hydrogen-bond acceptors (Lipinski definition) is 9. The summed E-state index contributed by atoms with van der Waals surface area (Å²) in [6.07, 6.45) is 16.1. The van der Waals surface area contributed by atoms with Gasteiger partial charge in [0.1, 0.15) is 33.7 Å². The Bertz CT molecular complexity index is 3300. The van der Waals surface area contributed by atoms with Crippen molar-refractivity contribution in [2.75, 3.05) is 0 Å². The fourth-order valence-electron chi connectivity index (χ4n) is 22.6. The first-order valence-corrected chi connectivity index (χ1v) is 28.3. The zero-order valence-electron chi connectivity index (χ0n) is 43.1. The first kappa shape index (κ1) is 47.1. The minimum absolute atomic E-state index is 0.0188. The summed E-state index contributed by atoms with van der Waals surface area (Å²) in [5, 5.41) is 84.8. The van der Waals surface area contributed by atoms with Crippen molar-refractivity contribution in [2.24, 2.45) is 73.1 Å². The van der Waals surface area contributed by atoms with E-state index in [0.29, 0.717) is 72.8 Å². The third-order valence-corrected chi connectivity index (χ3v) is 24.4. The van der Waals surface area contributed by atoms with E-state index in [4.69, 9.17) is 16.5 Å². The maximum Gasteiger partial charge on any atom is 0.331 e. The molecular formula is C63H69N3O9. The molecule has 390 valence electrons. The molecular weight excluding hydrogens is 943 g/mol. The van der Waals surface area contributed by atoms with E-state index < -0.39 is 96.7 Å². The smallest absolute Gasteiger partial charge is 0.331 e. The van der Waals surface area contributed by atoms with Crippen molar-refractivity contribution in [3.05, 3.63) is 110 Å². The molecule has 9 bridgehead atoms. The lowest BCUT2D eigenvalue weighted by molar-refractivity contribution is -0.249. The molecule has 4 spiro atoms. The molecule has 6 saturated carbocycles. The SMILES string of the molecule is CC(C(=O)O)=C1CCC2(N=C(N)N)C=CC34C5C6=C7CC=C6C1(O)C2(O)C3CC(O)CCC1C(=O)C2=C3C6(O)C=C(C7)C5(O)C35CCC#CCC3(C)C(=O)CCC2(CCCCCC145)C3C6C1=Cc2ccccc2CC1. The lowest BCUT2D eigenvalue weighted by atomic mass is 9.29. The lowest BCUT2D eigenvalue weighted by Crippen LogP contribution is -2.79. The summed E-state index contributed by atoms with van der Waals surface area (Å²) in [4.78, 5) is 51.3. The summed E-state index contributed by atoms with van der Waals surface area (Å²) in [7, 11) is 0. The van der Waals surface area contributed by atoms with Gasteiger partial charge in [-0.3, -0.25) is 9.59 Å². The number of fused-ring (bicyclic) bond motifs is 2. The van der Waals surface area contributed by atoms with Crippen molar-refractivity contribution in [2.45, 2.75) is 170 Å². The highest BCUT2D eigenvalue weighted by Gasteiger charge is 2.95. The van der Waals surface area contributed by atoms with E-state index in [0.717, 1.165) is 36.0 Å². The number of Topliss-reactive ketones (excluding diaryl/α,β-unsaturated/α-hetero) is 2. The summed E-state index contributed by atoms with van der Waals surface area (Å²) >= 11 is 0. The van der Waals surface area contributed by atoms with Gasteiger partial charge in [-0.25, -0.2) is 9.79 Å². The monoisotopic (exact) mass is 1010 g/mol. The lowest BCUT2D eigenvalue weighted by Gasteiger charge is -2.75. The molecule has 0 radical (unpaired) electrons. The third-order valence-electron chi connectivity index (χ3n) is 24.4. The number of rotatable bonds is 3. The zero-order valence-corrected chi connectivity index (χ0v) is 43.1. The number of aliphatic carboxylic acids is 1. The molecule has 0 saturated heterocycles. The summed E-state index contributed by atoms with van der Waals surface area (Å²) in [6, 6.07) is 8.40. The number of allylic oxidation sites excluding steroid dienone is 4. The van der Waals surface area contributed by atoms with Crippen LogP contribution in [0.1, 0.15) is 141 Å². The second-order valence-corrected chi connectivity index (χ2v) is 26.3. The number of ketones is 2. The van der Waals surface area contributed by atoms with E-state index in [1.807, 2.05) is 24.3 Å². The fraction of sp³-hybridized carbons (Fsp3) is 0.587. The highest BCUT2D eigenvalue weighted by molar-refractivity contribution is 6.04. The Hall–Kier alpha value is -5.16. The second kappa shape index (κ2) is 14.3. The molecule has 0 aliphatic heterocycles. The van der Waals surface area contributed by atoms with Crippen molar-refractivity contribution in [3.63, 3.8) is 0 Å². The van der Waals surface area contributed by atoms with E-state index >= 15 is 24.9 Å². The number of carboxylic acid groups (broad SMARTS) is 1. The van der Waals surface area contributed by atoms with Gasteiger partial charge in [0.05, 0.1) is 6.10 Å². The summed E-state index contributed by atoms with van der Waals surface area (Å²) < 4.78 is 0. The average Bonchev–Trinajstić information content (AvgIpc) is 3.85. The van der Waals surface area contributed by atoms with E-state index in [1.54, 1.807) is 0 Å². The molecule has 75 heavy (non-hydrogen) atoms. The van der Waals surface area contributed by atoms with Gasteiger partial charge in [0.25, 0.3) is 0 Å². The average molecular weight is 1010 g/mol. The van der Waals surface area contributed by atoms with Crippen LogP contribution in [0.15, 0.2) is 104 Å². The van der Waals surface area contributed by atoms with Gasteiger partial charge in [-0.1, -0.05) is 85.9 Å². The molecule has 0 heterocycles. The van der Waals surface area contributed by atoms with Gasteiger partial charge in [0.15, 0.2) is 11.7 Å². The van der Waals surface area contributed by atoms with Crippen LogP contribution in [0.5, 0.6) is 0 Å². The third kappa shape index (κ3) is 4.66. The van der Waals surface area contributed by atoms with Crippen LogP contribution in [-0.4, -0.2) is 88.2 Å². The predicted molar refractivity (Wildman–Crippen MR) is 278 cm³/mol. The largest absolute Gasteiger partial charge is 0.478 e. The molecule has 12 nitrogen and oxygen atoms in total. The Labute approximate surface area is 437 Å². The first-order valence-electron chi connectivity index (χ1n) is 28.3. The Balaban J connectivity index is 1.18. The van der Waals surface area contributed by atoms with E-state index in [9.17, 15) is 20.1 Å². The Morgan fingerprint density at radius 3 is 2.51 bits per heavy atom. The van der Waals surface area contributed by atoms with E-state index in [-0.39, 0.29) is 86.5 Å². The number of benzene rings is 1. The van der Waals surface area contributed by atoms with Gasteiger partial charge in [0, 0.05) is 81.2 Å². The van der Waals surface area contributed by atoms with Gasteiger partial charge in [-0.15, -0.1) is 11.8 Å². The number of aliphatic imine (C=N–C) groups is 1. The Morgan fingerprint density at radius 1 is 0.907 bits per heavy atom. The molecule has 1 aromatic carbocycles. The summed E-state index contributed by atoms with van der Waals surface area (Å²) in [6.45, 7) is 3.55. The number of nitrogens with two attached hydrogens (primary N) is 2. The minimum Gasteiger partial charge on any atom is -0.478 e. The topological polar surface area (TPSA) is 237 Å². The van der Waals surface area contributed by atoms with Crippen LogP contribution < -0.4 is 11.5 Å². The molecule has 12 heteroatoms. The number of hydrogen-bond donors (Lipinski definition) is 8. The van der Waals surface area contributed by atoms with Crippen molar-refractivity contribution in [1.82, 2.24) is 0 Å². The molecule has 14 aliphatic rings. The van der Waals surface area contributed by atoms with Crippen molar-refractivity contribution >= 4 is 29.6 Å². The molecule has 14 aliphatic carbocycles. The number of aliphatic hydroxyl groups excluding tert-OH is 1. The standard InChI is InChI=1S/C63H69N3O9/c1-33(52(70)71)40-19-26-56(66-53(64)65)27-28-57-43-31-39(67)16-18-42-48(69)47-51-58(72)32-38-30-36-15-17-41(62(40,74)63(43,56)75)45(36)49(57)61(38,73)60(51)24-10-3-7-21-54(2)44(68)20-25-55(47,22-8-4-9-23-59(42,57)60)50(54)46(58)37-14-13-34-11-5-6-12-35(34)29-37/h5-6,11-12,17,27-29,32,39,42-43,46,49-50,67,72-75H,4,8-10,13-16,18-26,30-31H2,1-2H3,(H,70,71)(H4,64,65,66). The minimum atomic E-state index is -2.47. The first-order chi connectivity index (χ1) is 35.7. The maximum absolute atomic E-state index is 17.6. The van der Waals surface area contributed by atoms with Gasteiger partial charge in [-0.05, 0) is 141 Å². The molecule has 15 rings (SSSR count). The number of nitrogens with zero attached hydrogens (tertiary/aromatic N) is 1. The van der Waals surface area contributed by atoms with Crippen LogP contribution in [0, 0.1) is 68.5 Å². The Kier molecular flexibility index (Phi) is 8.98. The number of carboxylic acids is 1. The fourth-order valence-corrected chi connectivity index (χ4v) is 22.6. The van der Waals surface area contributed by atoms with Crippen LogP contribution >= 0.6 is 0 Å². The normalized spacial score (nSPS) is 49.3. The summed E-state index contributed by atoms with van der Waals surface area (Å²) in [5.74, 6) is 1.43. The molecule has 1 aromatic rings. The van der Waals surface area contributed by atoms with Crippen molar-refractivity contribution in [1.29, 1.82) is 0 Å². The van der Waals surface area contributed by atoms with Crippen LogP contribution in [-0.2, 0) is 20.8 Å². The van der Waals surface area contributed by atoms with Crippen LogP contribution in [0.3, 0.4) is 0 Å². The molecule has 16 atom stereocenters. The number of carbonyl (C=O) groups excluding carboxylic acids is 2. The van der Waals surface area contributed by atoms with E-state index in [2.05, 4.69) is 49.1 Å². The van der Waals surface area contributed by atoms with Crippen LogP contribution in [0.2, 0.25) is 0 Å². The Morgan fingerprint density at radius 2 is 1.71 bits per heavy atom. The maximum atomic E-state index is 17.6. The van der Waals surface area contributed by atoms with Crippen molar-refractivity contribution in [3.8, 4) is 11.8 Å². The van der Waals surface area contributed by atoms with Gasteiger partial charge < -0.3 is 42.1 Å². The number of carbonyl (C=O) groups is 3.